The molecule has 7 nitrogen and oxygen atoms in total. The predicted octanol–water partition coefficient (Wildman–Crippen LogP) is 2.58. The van der Waals surface area contributed by atoms with E-state index in [4.69, 9.17) is 11.6 Å². The first-order valence-corrected chi connectivity index (χ1v) is 10.8. The molecule has 1 aromatic carbocycles. The highest BCUT2D eigenvalue weighted by atomic mass is 35.5. The molecule has 3 rings (SSSR count). The lowest BCUT2D eigenvalue weighted by atomic mass is 10.2. The third-order valence-electron chi connectivity index (χ3n) is 5.18. The van der Waals surface area contributed by atoms with Crippen molar-refractivity contribution >= 4 is 23.4 Å². The summed E-state index contributed by atoms with van der Waals surface area (Å²) in [4.78, 5) is 29.1. The van der Waals surface area contributed by atoms with Crippen LogP contribution in [0.1, 0.15) is 35.5 Å². The molecule has 162 valence electrons. The Balaban J connectivity index is 1.50. The van der Waals surface area contributed by atoms with Crippen molar-refractivity contribution < 1.29 is 9.59 Å². The molecule has 30 heavy (non-hydrogen) atoms. The van der Waals surface area contributed by atoms with E-state index in [9.17, 15) is 9.59 Å². The molecule has 0 radical (unpaired) electrons. The van der Waals surface area contributed by atoms with Gasteiger partial charge in [-0.05, 0) is 18.4 Å². The van der Waals surface area contributed by atoms with E-state index in [-0.39, 0.29) is 11.8 Å². The number of nitrogens with one attached hydrogen (secondary N) is 1. The average molecular weight is 432 g/mol. The van der Waals surface area contributed by atoms with Gasteiger partial charge in [0.15, 0.2) is 0 Å². The van der Waals surface area contributed by atoms with Gasteiger partial charge in [0.2, 0.25) is 5.91 Å². The van der Waals surface area contributed by atoms with Crippen LogP contribution in [0.25, 0.3) is 0 Å². The fourth-order valence-electron chi connectivity index (χ4n) is 3.59. The summed E-state index contributed by atoms with van der Waals surface area (Å²) in [6.07, 6.45) is 0. The van der Waals surface area contributed by atoms with Crippen molar-refractivity contribution in [2.24, 2.45) is 5.92 Å². The number of amides is 2. The molecule has 0 saturated carbocycles. The summed E-state index contributed by atoms with van der Waals surface area (Å²) in [6, 6.07) is 9.84. The first-order valence-electron chi connectivity index (χ1n) is 10.4. The molecule has 2 aromatic rings. The highest BCUT2D eigenvalue weighted by Gasteiger charge is 2.28. The number of carbonyl (C=O) groups is 2. The summed E-state index contributed by atoms with van der Waals surface area (Å²) in [6.45, 7) is 9.97. The number of rotatable bonds is 7. The van der Waals surface area contributed by atoms with Crippen LogP contribution in [-0.4, -0.2) is 64.1 Å². The van der Waals surface area contributed by atoms with Crippen LogP contribution in [0.15, 0.2) is 30.3 Å². The molecule has 1 fully saturated rings. The molecule has 0 unspecified atom stereocenters. The fraction of sp³-hybridized carbons (Fsp3) is 0.500. The Kier molecular flexibility index (Phi) is 7.50. The summed E-state index contributed by atoms with van der Waals surface area (Å²) >= 11 is 6.46. The largest absolute Gasteiger partial charge is 0.351 e. The van der Waals surface area contributed by atoms with Crippen LogP contribution in [0, 0.1) is 12.8 Å². The molecule has 0 atom stereocenters. The summed E-state index contributed by atoms with van der Waals surface area (Å²) < 4.78 is 1.71. The van der Waals surface area contributed by atoms with Crippen molar-refractivity contribution in [3.63, 3.8) is 0 Å². The number of piperazine rings is 1. The predicted molar refractivity (Wildman–Crippen MR) is 117 cm³/mol. The Morgan fingerprint density at radius 2 is 1.80 bits per heavy atom. The van der Waals surface area contributed by atoms with Crippen molar-refractivity contribution in [1.82, 2.24) is 24.9 Å². The molecule has 8 heteroatoms. The number of hydrogen-bond acceptors (Lipinski definition) is 4. The van der Waals surface area contributed by atoms with E-state index in [1.807, 2.05) is 37.3 Å². The Bertz CT molecular complexity index is 873. The van der Waals surface area contributed by atoms with Crippen molar-refractivity contribution in [3.05, 3.63) is 52.3 Å². The summed E-state index contributed by atoms with van der Waals surface area (Å²) in [5, 5.41) is 7.80. The Morgan fingerprint density at radius 1 is 1.13 bits per heavy atom. The smallest absolute Gasteiger partial charge is 0.258 e. The lowest BCUT2D eigenvalue weighted by Crippen LogP contribution is -2.51. The second-order valence-corrected chi connectivity index (χ2v) is 8.52. The molecular formula is C22H30ClN5O2. The number of aromatic nitrogens is 2. The average Bonchev–Trinajstić information content (AvgIpc) is 2.99. The normalized spacial score (nSPS) is 14.9. The monoisotopic (exact) mass is 431 g/mol. The van der Waals surface area contributed by atoms with Crippen LogP contribution < -0.4 is 5.32 Å². The summed E-state index contributed by atoms with van der Waals surface area (Å²) in [7, 11) is 0. The van der Waals surface area contributed by atoms with Gasteiger partial charge in [0, 0.05) is 39.3 Å². The van der Waals surface area contributed by atoms with Crippen LogP contribution in [0.4, 0.5) is 0 Å². The van der Waals surface area contributed by atoms with Gasteiger partial charge in [-0.1, -0.05) is 55.8 Å². The van der Waals surface area contributed by atoms with Crippen LogP contribution in [0.2, 0.25) is 5.15 Å². The highest BCUT2D eigenvalue weighted by Crippen LogP contribution is 2.23. The van der Waals surface area contributed by atoms with E-state index in [1.165, 1.54) is 0 Å². The molecule has 1 aliphatic heterocycles. The molecule has 1 saturated heterocycles. The molecule has 1 aromatic heterocycles. The first-order chi connectivity index (χ1) is 14.3. The zero-order valence-electron chi connectivity index (χ0n) is 17.9. The molecule has 1 N–H and O–H groups in total. The van der Waals surface area contributed by atoms with Gasteiger partial charge in [0.25, 0.3) is 5.91 Å². The molecule has 0 spiro atoms. The molecule has 2 amide bonds. The number of aryl methyl sites for hydroxylation is 1. The minimum Gasteiger partial charge on any atom is -0.351 e. The maximum Gasteiger partial charge on any atom is 0.258 e. The minimum atomic E-state index is -0.0827. The van der Waals surface area contributed by atoms with Crippen molar-refractivity contribution in [2.45, 2.75) is 33.9 Å². The molecule has 0 bridgehead atoms. The van der Waals surface area contributed by atoms with E-state index in [2.05, 4.69) is 29.2 Å². The number of nitrogens with zero attached hydrogens (tertiary/aromatic N) is 4. The van der Waals surface area contributed by atoms with Gasteiger partial charge >= 0.3 is 0 Å². The Labute approximate surface area is 183 Å². The van der Waals surface area contributed by atoms with E-state index >= 15 is 0 Å². The maximum atomic E-state index is 13.0. The van der Waals surface area contributed by atoms with Gasteiger partial charge in [0.05, 0.1) is 17.8 Å². The number of halogens is 1. The fourth-order valence-corrected chi connectivity index (χ4v) is 3.91. The van der Waals surface area contributed by atoms with Crippen LogP contribution in [0.5, 0.6) is 0 Å². The van der Waals surface area contributed by atoms with Crippen molar-refractivity contribution in [3.8, 4) is 0 Å². The third kappa shape index (κ3) is 5.61. The first kappa shape index (κ1) is 22.3. The number of hydrogen-bond donors (Lipinski definition) is 1. The van der Waals surface area contributed by atoms with E-state index < -0.39 is 0 Å². The zero-order valence-corrected chi connectivity index (χ0v) is 18.7. The van der Waals surface area contributed by atoms with Gasteiger partial charge in [-0.15, -0.1) is 0 Å². The maximum absolute atomic E-state index is 13.0. The van der Waals surface area contributed by atoms with Crippen molar-refractivity contribution in [2.75, 3.05) is 32.7 Å². The lowest BCUT2D eigenvalue weighted by molar-refractivity contribution is -0.122. The van der Waals surface area contributed by atoms with Gasteiger partial charge in [-0.2, -0.15) is 5.10 Å². The Morgan fingerprint density at radius 3 is 2.43 bits per heavy atom. The second-order valence-electron chi connectivity index (χ2n) is 8.16. The summed E-state index contributed by atoms with van der Waals surface area (Å²) in [5.74, 6) is 0.300. The van der Waals surface area contributed by atoms with Gasteiger partial charge in [0.1, 0.15) is 5.15 Å². The summed E-state index contributed by atoms with van der Waals surface area (Å²) in [5.41, 5.74) is 2.23. The van der Waals surface area contributed by atoms with E-state index in [0.717, 1.165) is 5.56 Å². The number of benzene rings is 1. The van der Waals surface area contributed by atoms with Gasteiger partial charge in [-0.3, -0.25) is 19.2 Å². The van der Waals surface area contributed by atoms with Crippen LogP contribution in [0.3, 0.4) is 0 Å². The van der Waals surface area contributed by atoms with E-state index in [0.29, 0.717) is 68.1 Å². The SMILES string of the molecule is Cc1nn(CC(C)C)c(Cl)c1C(=O)N1CCN(CC(=O)NCc2ccccc2)CC1. The zero-order chi connectivity index (χ0) is 21.7. The molecule has 2 heterocycles. The minimum absolute atomic E-state index is 0.00696. The topological polar surface area (TPSA) is 70.5 Å². The number of carbonyl (C=O) groups excluding carboxylic acids is 2. The van der Waals surface area contributed by atoms with Crippen molar-refractivity contribution in [1.29, 1.82) is 0 Å². The second kappa shape index (κ2) is 10.1. The van der Waals surface area contributed by atoms with E-state index in [1.54, 1.807) is 9.58 Å². The van der Waals surface area contributed by atoms with Gasteiger partial charge in [-0.25, -0.2) is 0 Å². The quantitative estimate of drug-likeness (QED) is 0.731. The highest BCUT2D eigenvalue weighted by molar-refractivity contribution is 6.33. The third-order valence-corrected chi connectivity index (χ3v) is 5.56. The molecule has 1 aliphatic rings. The van der Waals surface area contributed by atoms with Crippen LogP contribution >= 0.6 is 11.6 Å². The Hall–Kier alpha value is -2.38. The van der Waals surface area contributed by atoms with Gasteiger partial charge < -0.3 is 10.2 Å². The van der Waals surface area contributed by atoms with Crippen LogP contribution in [-0.2, 0) is 17.9 Å². The molecule has 0 aliphatic carbocycles. The standard InChI is InChI=1S/C22H30ClN5O2/c1-16(2)14-28-21(23)20(17(3)25-28)22(30)27-11-9-26(10-12-27)15-19(29)24-13-18-7-5-4-6-8-18/h4-8,16H,9-15H2,1-3H3,(H,24,29). The molecular weight excluding hydrogens is 402 g/mol. The lowest BCUT2D eigenvalue weighted by Gasteiger charge is -2.34.